The molecule has 20 heavy (non-hydrogen) atoms. The number of aromatic nitrogens is 1. The van der Waals surface area contributed by atoms with Crippen LogP contribution < -0.4 is 10.2 Å². The van der Waals surface area contributed by atoms with E-state index in [0.29, 0.717) is 24.7 Å². The van der Waals surface area contributed by atoms with Gasteiger partial charge in [-0.2, -0.15) is 8.42 Å². The first kappa shape index (κ1) is 14.3. The van der Waals surface area contributed by atoms with Gasteiger partial charge in [0.1, 0.15) is 5.15 Å². The summed E-state index contributed by atoms with van der Waals surface area (Å²) in [6, 6.07) is 1.75. The van der Waals surface area contributed by atoms with Gasteiger partial charge in [-0.3, -0.25) is 4.55 Å². The number of fused-ring (bicyclic) bond motifs is 1. The largest absolute Gasteiger partial charge is 0.368 e. The van der Waals surface area contributed by atoms with Crippen LogP contribution in [0.1, 0.15) is 0 Å². The van der Waals surface area contributed by atoms with E-state index in [0.717, 1.165) is 5.69 Å². The van der Waals surface area contributed by atoms with Crippen molar-refractivity contribution in [2.75, 3.05) is 30.3 Å². The Balaban J connectivity index is 1.83. The van der Waals surface area contributed by atoms with Gasteiger partial charge in [-0.15, -0.1) is 0 Å². The van der Waals surface area contributed by atoms with E-state index in [9.17, 15) is 8.42 Å². The van der Waals surface area contributed by atoms with Crippen LogP contribution in [0.5, 0.6) is 0 Å². The Morgan fingerprint density at radius 1 is 1.55 bits per heavy atom. The SMILES string of the molecule is O=S(=O)(O)C[C@]12CN[C@@H]1CN(c1cnc(Cl)c(Cl)c1)C2. The molecule has 0 aliphatic carbocycles. The fourth-order valence-corrected chi connectivity index (χ4v) is 4.35. The summed E-state index contributed by atoms with van der Waals surface area (Å²) in [6.45, 7) is 1.75. The lowest BCUT2D eigenvalue weighted by molar-refractivity contribution is 0.163. The van der Waals surface area contributed by atoms with Gasteiger partial charge in [0, 0.05) is 31.1 Å². The number of hydrogen-bond donors (Lipinski definition) is 2. The first-order valence-electron chi connectivity index (χ1n) is 6.04. The molecule has 1 aromatic rings. The summed E-state index contributed by atoms with van der Waals surface area (Å²) < 4.78 is 31.5. The number of nitrogens with zero attached hydrogens (tertiary/aromatic N) is 2. The van der Waals surface area contributed by atoms with Gasteiger partial charge < -0.3 is 10.2 Å². The average molecular weight is 338 g/mol. The van der Waals surface area contributed by atoms with E-state index in [4.69, 9.17) is 27.8 Å². The fourth-order valence-electron chi connectivity index (χ4n) is 2.97. The molecule has 2 N–H and O–H groups in total. The number of anilines is 1. The van der Waals surface area contributed by atoms with Crippen molar-refractivity contribution in [3.8, 4) is 0 Å². The maximum atomic E-state index is 11.2. The molecule has 2 atom stereocenters. The Bertz CT molecular complexity index is 654. The second-order valence-corrected chi connectivity index (χ2v) is 7.59. The molecular weight excluding hydrogens is 325 g/mol. The lowest BCUT2D eigenvalue weighted by atomic mass is 9.78. The van der Waals surface area contributed by atoms with Crippen LogP contribution in [0, 0.1) is 5.41 Å². The zero-order valence-electron chi connectivity index (χ0n) is 10.4. The Kier molecular flexibility index (Phi) is 3.38. The number of hydrogen-bond acceptors (Lipinski definition) is 5. The molecule has 2 aliphatic rings. The highest BCUT2D eigenvalue weighted by Crippen LogP contribution is 2.40. The molecule has 2 aliphatic heterocycles. The molecule has 2 fully saturated rings. The van der Waals surface area contributed by atoms with Gasteiger partial charge in [0.05, 0.1) is 22.7 Å². The molecule has 0 amide bonds. The molecule has 9 heteroatoms. The topological polar surface area (TPSA) is 82.5 Å². The summed E-state index contributed by atoms with van der Waals surface area (Å²) in [6.07, 6.45) is 1.61. The van der Waals surface area contributed by atoms with Crippen molar-refractivity contribution in [2.45, 2.75) is 6.04 Å². The van der Waals surface area contributed by atoms with Crippen molar-refractivity contribution < 1.29 is 13.0 Å². The second-order valence-electron chi connectivity index (χ2n) is 5.37. The van der Waals surface area contributed by atoms with Crippen LogP contribution in [-0.4, -0.2) is 49.4 Å². The van der Waals surface area contributed by atoms with Crippen molar-refractivity contribution in [3.63, 3.8) is 0 Å². The first-order valence-corrected chi connectivity index (χ1v) is 8.40. The van der Waals surface area contributed by atoms with Gasteiger partial charge in [0.2, 0.25) is 0 Å². The lowest BCUT2D eigenvalue weighted by Crippen LogP contribution is -2.64. The molecule has 3 rings (SSSR count). The summed E-state index contributed by atoms with van der Waals surface area (Å²) in [5.74, 6) is -0.233. The number of nitrogens with one attached hydrogen (secondary N) is 1. The smallest absolute Gasteiger partial charge is 0.265 e. The summed E-state index contributed by atoms with van der Waals surface area (Å²) in [5.41, 5.74) is 0.352. The van der Waals surface area contributed by atoms with Crippen molar-refractivity contribution >= 4 is 39.0 Å². The minimum atomic E-state index is -4.00. The molecule has 0 saturated carbocycles. The molecule has 0 unspecified atom stereocenters. The van der Waals surface area contributed by atoms with Gasteiger partial charge >= 0.3 is 0 Å². The first-order chi connectivity index (χ1) is 9.29. The predicted molar refractivity (Wildman–Crippen MR) is 77.1 cm³/mol. The Morgan fingerprint density at radius 2 is 2.30 bits per heavy atom. The third kappa shape index (κ3) is 2.48. The average Bonchev–Trinajstić information content (AvgIpc) is 2.55. The number of rotatable bonds is 3. The van der Waals surface area contributed by atoms with Crippen LogP contribution in [0.4, 0.5) is 5.69 Å². The van der Waals surface area contributed by atoms with E-state index >= 15 is 0 Å². The standard InChI is InChI=1S/C11H13Cl2N3O3S/c12-8-1-7(2-14-10(8)13)16-3-9-11(5-16,4-15-9)6-20(17,18)19/h1-2,9,15H,3-6H2,(H,17,18,19)/t9-,11-/m1/s1. The molecule has 0 aromatic carbocycles. The Hall–Kier alpha value is -0.600. The van der Waals surface area contributed by atoms with Crippen molar-refractivity contribution in [1.29, 1.82) is 0 Å². The van der Waals surface area contributed by atoms with Gasteiger partial charge in [0.15, 0.2) is 0 Å². The van der Waals surface area contributed by atoms with E-state index < -0.39 is 15.5 Å². The Labute approximate surface area is 126 Å². The van der Waals surface area contributed by atoms with E-state index in [2.05, 4.69) is 10.3 Å². The normalized spacial score (nSPS) is 29.1. The van der Waals surface area contributed by atoms with Gasteiger partial charge in [-0.05, 0) is 6.07 Å². The number of pyridine rings is 1. The van der Waals surface area contributed by atoms with Crippen molar-refractivity contribution in [1.82, 2.24) is 10.3 Å². The lowest BCUT2D eigenvalue weighted by Gasteiger charge is -2.43. The quantitative estimate of drug-likeness (QED) is 0.633. The van der Waals surface area contributed by atoms with Crippen LogP contribution in [0.25, 0.3) is 0 Å². The zero-order valence-corrected chi connectivity index (χ0v) is 12.7. The van der Waals surface area contributed by atoms with E-state index in [-0.39, 0.29) is 16.9 Å². The van der Waals surface area contributed by atoms with Gasteiger partial charge in [-0.1, -0.05) is 23.2 Å². The molecule has 1 aromatic heterocycles. The van der Waals surface area contributed by atoms with Crippen LogP contribution in [0.3, 0.4) is 0 Å². The molecule has 3 heterocycles. The zero-order chi connectivity index (χ0) is 14.5. The molecule has 110 valence electrons. The molecule has 0 spiro atoms. The summed E-state index contributed by atoms with van der Waals surface area (Å²) in [5, 5.41) is 3.80. The van der Waals surface area contributed by atoms with E-state index in [1.807, 2.05) is 4.90 Å². The summed E-state index contributed by atoms with van der Waals surface area (Å²) in [7, 11) is -4.00. The molecular formula is C11H13Cl2N3O3S. The van der Waals surface area contributed by atoms with E-state index in [1.165, 1.54) is 0 Å². The van der Waals surface area contributed by atoms with Crippen LogP contribution >= 0.6 is 23.2 Å². The molecule has 2 saturated heterocycles. The van der Waals surface area contributed by atoms with Crippen LogP contribution in [0.15, 0.2) is 12.3 Å². The maximum absolute atomic E-state index is 11.2. The highest BCUT2D eigenvalue weighted by molar-refractivity contribution is 7.85. The van der Waals surface area contributed by atoms with Crippen LogP contribution in [0.2, 0.25) is 10.2 Å². The van der Waals surface area contributed by atoms with Gasteiger partial charge in [0.25, 0.3) is 10.1 Å². The highest BCUT2D eigenvalue weighted by Gasteiger charge is 2.55. The minimum Gasteiger partial charge on any atom is -0.368 e. The third-order valence-corrected chi connectivity index (χ3v) is 5.59. The molecule has 0 bridgehead atoms. The van der Waals surface area contributed by atoms with Crippen LogP contribution in [-0.2, 0) is 10.1 Å². The second kappa shape index (κ2) is 4.71. The Morgan fingerprint density at radius 3 is 2.85 bits per heavy atom. The minimum absolute atomic E-state index is 0.0406. The van der Waals surface area contributed by atoms with E-state index in [1.54, 1.807) is 12.3 Å². The molecule has 0 radical (unpaired) electrons. The molecule has 6 nitrogen and oxygen atoms in total. The summed E-state index contributed by atoms with van der Waals surface area (Å²) in [4.78, 5) is 6.00. The highest BCUT2D eigenvalue weighted by atomic mass is 35.5. The number of halogens is 2. The third-order valence-electron chi connectivity index (χ3n) is 3.97. The maximum Gasteiger partial charge on any atom is 0.265 e. The van der Waals surface area contributed by atoms with Crippen molar-refractivity contribution in [3.05, 3.63) is 22.4 Å². The monoisotopic (exact) mass is 337 g/mol. The summed E-state index contributed by atoms with van der Waals surface area (Å²) >= 11 is 11.7. The predicted octanol–water partition coefficient (Wildman–Crippen LogP) is 1.05. The fraction of sp³-hybridized carbons (Fsp3) is 0.545. The van der Waals surface area contributed by atoms with Gasteiger partial charge in [-0.25, -0.2) is 4.98 Å². The van der Waals surface area contributed by atoms with Crippen molar-refractivity contribution in [2.24, 2.45) is 5.41 Å².